The maximum atomic E-state index is 12.9. The highest BCUT2D eigenvalue weighted by Crippen LogP contribution is 2.19. The first-order valence-electron chi connectivity index (χ1n) is 11.3. The van der Waals surface area contributed by atoms with E-state index in [1.165, 1.54) is 12.8 Å². The summed E-state index contributed by atoms with van der Waals surface area (Å²) >= 11 is 5.33. The fourth-order valence-corrected chi connectivity index (χ4v) is 4.18. The topological polar surface area (TPSA) is 61.4 Å². The van der Waals surface area contributed by atoms with Gasteiger partial charge in [0.1, 0.15) is 0 Å². The van der Waals surface area contributed by atoms with Gasteiger partial charge in [0.2, 0.25) is 0 Å². The van der Waals surface area contributed by atoms with Gasteiger partial charge in [-0.2, -0.15) is 0 Å². The van der Waals surface area contributed by atoms with E-state index in [1.54, 1.807) is 18.2 Å². The molecule has 2 N–H and O–H groups in total. The second-order valence-corrected chi connectivity index (χ2v) is 8.55. The summed E-state index contributed by atoms with van der Waals surface area (Å²) in [7, 11) is 0. The summed E-state index contributed by atoms with van der Waals surface area (Å²) in [6.45, 7) is 1.60. The van der Waals surface area contributed by atoms with Crippen LogP contribution in [0.2, 0.25) is 0 Å². The van der Waals surface area contributed by atoms with Gasteiger partial charge in [-0.1, -0.05) is 61.4 Å². The summed E-state index contributed by atoms with van der Waals surface area (Å²) in [5.41, 5.74) is 3.94. The minimum absolute atomic E-state index is 0.0361. The molecule has 4 rings (SSSR count). The molecule has 1 fully saturated rings. The molecule has 0 unspecified atom stereocenters. The third kappa shape index (κ3) is 6.05. The largest absolute Gasteiger partial charge is 0.339 e. The molecular formula is C27H27N3O2S. The quantitative estimate of drug-likeness (QED) is 0.508. The second-order valence-electron chi connectivity index (χ2n) is 8.14. The third-order valence-corrected chi connectivity index (χ3v) is 5.95. The zero-order valence-electron chi connectivity index (χ0n) is 18.4. The van der Waals surface area contributed by atoms with Crippen LogP contribution in [-0.2, 0) is 0 Å². The molecule has 1 heterocycles. The van der Waals surface area contributed by atoms with Crippen LogP contribution < -0.4 is 10.6 Å². The SMILES string of the molecule is O=C(NC(=S)Nc1cccc(C(=O)N2CCCCCC2)c1)c1ccc(-c2ccccc2)cc1. The highest BCUT2D eigenvalue weighted by Gasteiger charge is 2.17. The Balaban J connectivity index is 1.36. The maximum Gasteiger partial charge on any atom is 0.257 e. The number of nitrogens with zero attached hydrogens (tertiary/aromatic N) is 1. The molecule has 0 atom stereocenters. The number of hydrogen-bond acceptors (Lipinski definition) is 3. The van der Waals surface area contributed by atoms with Crippen molar-refractivity contribution in [1.82, 2.24) is 10.2 Å². The van der Waals surface area contributed by atoms with Crippen LogP contribution in [0, 0.1) is 0 Å². The fraction of sp³-hybridized carbons (Fsp3) is 0.222. The van der Waals surface area contributed by atoms with Crippen molar-refractivity contribution in [3.63, 3.8) is 0 Å². The predicted octanol–water partition coefficient (Wildman–Crippen LogP) is 5.50. The summed E-state index contributed by atoms with van der Waals surface area (Å²) in [5, 5.41) is 5.92. The molecule has 2 amide bonds. The van der Waals surface area contributed by atoms with Crippen molar-refractivity contribution >= 4 is 34.8 Å². The number of carbonyl (C=O) groups excluding carboxylic acids is 2. The molecule has 1 saturated heterocycles. The molecule has 3 aromatic rings. The van der Waals surface area contributed by atoms with Crippen LogP contribution in [0.3, 0.4) is 0 Å². The Morgan fingerprint density at radius 1 is 0.727 bits per heavy atom. The molecule has 0 aliphatic carbocycles. The van der Waals surface area contributed by atoms with E-state index in [1.807, 2.05) is 65.6 Å². The molecule has 5 nitrogen and oxygen atoms in total. The Morgan fingerprint density at radius 2 is 1.39 bits per heavy atom. The van der Waals surface area contributed by atoms with Gasteiger partial charge in [0.05, 0.1) is 0 Å². The van der Waals surface area contributed by atoms with E-state index >= 15 is 0 Å². The number of thiocarbonyl (C=S) groups is 1. The average Bonchev–Trinajstić information content (AvgIpc) is 3.14. The minimum atomic E-state index is -0.288. The van der Waals surface area contributed by atoms with E-state index in [0.717, 1.165) is 37.1 Å². The highest BCUT2D eigenvalue weighted by molar-refractivity contribution is 7.80. The third-order valence-electron chi connectivity index (χ3n) is 5.74. The van der Waals surface area contributed by atoms with E-state index in [-0.39, 0.29) is 16.9 Å². The Kier molecular flexibility index (Phi) is 7.47. The lowest BCUT2D eigenvalue weighted by Gasteiger charge is -2.20. The molecule has 6 heteroatoms. The van der Waals surface area contributed by atoms with Crippen molar-refractivity contribution in [2.75, 3.05) is 18.4 Å². The Morgan fingerprint density at radius 3 is 2.09 bits per heavy atom. The van der Waals surface area contributed by atoms with Gasteiger partial charge in [0.15, 0.2) is 5.11 Å². The monoisotopic (exact) mass is 457 g/mol. The summed E-state index contributed by atoms with van der Waals surface area (Å²) in [4.78, 5) is 27.4. The number of likely N-dealkylation sites (tertiary alicyclic amines) is 1. The van der Waals surface area contributed by atoms with Crippen LogP contribution in [0.4, 0.5) is 5.69 Å². The van der Waals surface area contributed by atoms with Crippen LogP contribution in [-0.4, -0.2) is 34.9 Å². The van der Waals surface area contributed by atoms with Gasteiger partial charge in [-0.15, -0.1) is 0 Å². The number of hydrogen-bond donors (Lipinski definition) is 2. The lowest BCUT2D eigenvalue weighted by atomic mass is 10.0. The van der Waals surface area contributed by atoms with Crippen molar-refractivity contribution in [2.45, 2.75) is 25.7 Å². The number of carbonyl (C=O) groups is 2. The molecule has 0 saturated carbocycles. The highest BCUT2D eigenvalue weighted by atomic mass is 32.1. The molecule has 1 aliphatic rings. The molecular weight excluding hydrogens is 430 g/mol. The van der Waals surface area contributed by atoms with Gasteiger partial charge < -0.3 is 10.2 Å². The lowest BCUT2D eigenvalue weighted by Crippen LogP contribution is -2.34. The number of nitrogens with one attached hydrogen (secondary N) is 2. The molecule has 3 aromatic carbocycles. The van der Waals surface area contributed by atoms with Crippen molar-refractivity contribution in [3.8, 4) is 11.1 Å². The van der Waals surface area contributed by atoms with E-state index in [9.17, 15) is 9.59 Å². The molecule has 0 bridgehead atoms. The number of benzene rings is 3. The van der Waals surface area contributed by atoms with E-state index < -0.39 is 0 Å². The number of anilines is 1. The Bertz CT molecular complexity index is 1120. The zero-order valence-corrected chi connectivity index (χ0v) is 19.2. The first-order chi connectivity index (χ1) is 16.1. The predicted molar refractivity (Wildman–Crippen MR) is 136 cm³/mol. The van der Waals surface area contributed by atoms with Gasteiger partial charge in [0, 0.05) is 29.9 Å². The van der Waals surface area contributed by atoms with E-state index in [4.69, 9.17) is 12.2 Å². The first-order valence-corrected chi connectivity index (χ1v) is 11.7. The fourth-order valence-electron chi connectivity index (χ4n) is 3.97. The molecule has 0 aromatic heterocycles. The average molecular weight is 458 g/mol. The summed E-state index contributed by atoms with van der Waals surface area (Å²) in [6.07, 6.45) is 4.45. The number of rotatable bonds is 4. The van der Waals surface area contributed by atoms with Crippen LogP contribution in [0.5, 0.6) is 0 Å². The zero-order chi connectivity index (χ0) is 23.0. The standard InChI is InChI=1S/C27H27N3O2S/c31-25(22-15-13-21(14-16-22)20-9-4-3-5-10-20)29-27(33)28-24-12-8-11-23(19-24)26(32)30-17-6-1-2-7-18-30/h3-5,8-16,19H,1-2,6-7,17-18H2,(H2,28,29,31,33). The van der Waals surface area contributed by atoms with Gasteiger partial charge in [-0.3, -0.25) is 14.9 Å². The van der Waals surface area contributed by atoms with Crippen LogP contribution in [0.25, 0.3) is 11.1 Å². The van der Waals surface area contributed by atoms with Crippen LogP contribution >= 0.6 is 12.2 Å². The minimum Gasteiger partial charge on any atom is -0.339 e. The Hall–Kier alpha value is -3.51. The van der Waals surface area contributed by atoms with Crippen molar-refractivity contribution in [1.29, 1.82) is 0 Å². The molecule has 33 heavy (non-hydrogen) atoms. The number of amides is 2. The smallest absolute Gasteiger partial charge is 0.257 e. The lowest BCUT2D eigenvalue weighted by molar-refractivity contribution is 0.0761. The summed E-state index contributed by atoms with van der Waals surface area (Å²) < 4.78 is 0. The van der Waals surface area contributed by atoms with Crippen molar-refractivity contribution in [3.05, 3.63) is 90.0 Å². The Labute approximate surface area is 199 Å². The van der Waals surface area contributed by atoms with Crippen molar-refractivity contribution < 1.29 is 9.59 Å². The van der Waals surface area contributed by atoms with Gasteiger partial charge >= 0.3 is 0 Å². The van der Waals surface area contributed by atoms with E-state index in [2.05, 4.69) is 10.6 Å². The normalized spacial score (nSPS) is 13.6. The van der Waals surface area contributed by atoms with E-state index in [0.29, 0.717) is 16.8 Å². The molecule has 0 spiro atoms. The first kappa shape index (κ1) is 22.7. The van der Waals surface area contributed by atoms with Gasteiger partial charge in [-0.05, 0) is 66.5 Å². The molecule has 168 valence electrons. The second kappa shape index (κ2) is 10.9. The maximum absolute atomic E-state index is 12.9. The van der Waals surface area contributed by atoms with Gasteiger partial charge in [-0.25, -0.2) is 0 Å². The van der Waals surface area contributed by atoms with Gasteiger partial charge in [0.25, 0.3) is 11.8 Å². The van der Waals surface area contributed by atoms with Crippen molar-refractivity contribution in [2.24, 2.45) is 0 Å². The van der Waals surface area contributed by atoms with Crippen LogP contribution in [0.1, 0.15) is 46.4 Å². The summed E-state index contributed by atoms with van der Waals surface area (Å²) in [5.74, 6) is -0.252. The van der Waals surface area contributed by atoms with Crippen LogP contribution in [0.15, 0.2) is 78.9 Å². The summed E-state index contributed by atoms with van der Waals surface area (Å²) in [6, 6.07) is 24.6. The molecule has 1 aliphatic heterocycles. The molecule has 0 radical (unpaired) electrons.